The molecule has 0 aliphatic carbocycles. The largest absolute Gasteiger partial charge is 0.423 e. The fourth-order valence-electron chi connectivity index (χ4n) is 3.55. The lowest BCUT2D eigenvalue weighted by atomic mass is 10.0. The number of aliphatic hydroxyl groups excluding tert-OH is 1. The molecule has 1 saturated heterocycles. The minimum absolute atomic E-state index is 0.0337. The number of carbonyl (C=O) groups excluding carboxylic acids is 3. The van der Waals surface area contributed by atoms with E-state index in [1.165, 1.54) is 30.1 Å². The minimum Gasteiger partial charge on any atom is -0.376 e. The summed E-state index contributed by atoms with van der Waals surface area (Å²) in [5.41, 5.74) is 0.608. The van der Waals surface area contributed by atoms with Crippen LogP contribution in [0.25, 0.3) is 11.4 Å². The molecule has 0 aromatic carbocycles. The van der Waals surface area contributed by atoms with Crippen LogP contribution in [0.5, 0.6) is 0 Å². The highest BCUT2D eigenvalue weighted by atomic mass is 35.5. The summed E-state index contributed by atoms with van der Waals surface area (Å²) >= 11 is 6.17. The van der Waals surface area contributed by atoms with E-state index in [-0.39, 0.29) is 47.4 Å². The second-order valence-corrected chi connectivity index (χ2v) is 7.84. The van der Waals surface area contributed by atoms with Crippen LogP contribution in [0.15, 0.2) is 37.2 Å². The molecule has 2 atom stereocenters. The molecule has 2 aromatic heterocycles. The van der Waals surface area contributed by atoms with Crippen molar-refractivity contribution in [1.82, 2.24) is 30.1 Å². The van der Waals surface area contributed by atoms with E-state index in [2.05, 4.69) is 26.8 Å². The summed E-state index contributed by atoms with van der Waals surface area (Å²) in [5, 5.41) is 11.9. The van der Waals surface area contributed by atoms with Crippen molar-refractivity contribution in [3.05, 3.63) is 53.6 Å². The minimum atomic E-state index is -5.17. The maximum Gasteiger partial charge on any atom is 0.423 e. The van der Waals surface area contributed by atoms with Crippen molar-refractivity contribution in [3.63, 3.8) is 0 Å². The van der Waals surface area contributed by atoms with Gasteiger partial charge in [-0.15, -0.1) is 0 Å². The molecule has 1 aliphatic heterocycles. The van der Waals surface area contributed by atoms with E-state index in [9.17, 15) is 32.7 Å². The Kier molecular flexibility index (Phi) is 7.70. The predicted molar refractivity (Wildman–Crippen MR) is 117 cm³/mol. The van der Waals surface area contributed by atoms with Crippen LogP contribution >= 0.6 is 11.6 Å². The molecule has 0 saturated carbocycles. The number of nitrogens with zero attached hydrogens (tertiary/aromatic N) is 5. The van der Waals surface area contributed by atoms with Crippen LogP contribution in [-0.2, 0) is 9.59 Å². The zero-order chi connectivity index (χ0) is 25.9. The second-order valence-electron chi connectivity index (χ2n) is 7.46. The molecule has 3 heterocycles. The SMILES string of the molecule is C=CC(=O)N1CCN(C(=O)[C@@H](O)C(F)(F)F)[C@@H](c2cc(Cl)nc(-c3cc(C(=O)NC)ncn3)c2)C1. The summed E-state index contributed by atoms with van der Waals surface area (Å²) in [6, 6.07) is 3.00. The molecule has 1 aliphatic rings. The average Bonchev–Trinajstić information content (AvgIpc) is 2.85. The Morgan fingerprint density at radius 3 is 2.57 bits per heavy atom. The van der Waals surface area contributed by atoms with E-state index in [0.29, 0.717) is 0 Å². The Labute approximate surface area is 202 Å². The van der Waals surface area contributed by atoms with Crippen molar-refractivity contribution in [2.24, 2.45) is 0 Å². The number of hydrogen-bond donors (Lipinski definition) is 2. The van der Waals surface area contributed by atoms with Crippen LogP contribution in [0, 0.1) is 0 Å². The maximum absolute atomic E-state index is 13.1. The topological polar surface area (TPSA) is 129 Å². The quantitative estimate of drug-likeness (QED) is 0.457. The zero-order valence-corrected chi connectivity index (χ0v) is 19.0. The van der Waals surface area contributed by atoms with Gasteiger partial charge in [-0.3, -0.25) is 14.4 Å². The Balaban J connectivity index is 2.06. The van der Waals surface area contributed by atoms with Crippen molar-refractivity contribution < 1.29 is 32.7 Å². The average molecular weight is 513 g/mol. The fourth-order valence-corrected chi connectivity index (χ4v) is 3.77. The van der Waals surface area contributed by atoms with Crippen molar-refractivity contribution in [2.45, 2.75) is 18.3 Å². The standard InChI is InChI=1S/C21H20ClF3N6O4/c1-3-17(32)30-4-5-31(20(35)18(33)21(23,24)25)15(9-30)11-6-13(29-16(22)7-11)12-8-14(19(34)26-2)28-10-27-12/h3,6-8,10,15,18,33H,1,4-5,9H2,2H3,(H,26,34)/t15-,18-/m1/s1. The van der Waals surface area contributed by atoms with Crippen LogP contribution in [0.4, 0.5) is 13.2 Å². The van der Waals surface area contributed by atoms with E-state index in [1.807, 2.05) is 0 Å². The number of alkyl halides is 3. The molecular formula is C21H20ClF3N6O4. The zero-order valence-electron chi connectivity index (χ0n) is 18.3. The first-order valence-corrected chi connectivity index (χ1v) is 10.5. The van der Waals surface area contributed by atoms with Gasteiger partial charge in [-0.05, 0) is 29.8 Å². The Bertz CT molecular complexity index is 1160. The molecule has 2 N–H and O–H groups in total. The molecule has 2 aromatic rings. The van der Waals surface area contributed by atoms with E-state index in [1.54, 1.807) is 0 Å². The first kappa shape index (κ1) is 26.0. The molecule has 0 bridgehead atoms. The molecular weight excluding hydrogens is 493 g/mol. The number of piperazine rings is 1. The summed E-state index contributed by atoms with van der Waals surface area (Å²) in [6.45, 7) is 2.88. The first-order chi connectivity index (χ1) is 16.5. The second kappa shape index (κ2) is 10.4. The molecule has 0 radical (unpaired) electrons. The van der Waals surface area contributed by atoms with Crippen molar-refractivity contribution in [3.8, 4) is 11.4 Å². The van der Waals surface area contributed by atoms with E-state index in [4.69, 9.17) is 11.6 Å². The maximum atomic E-state index is 13.1. The molecule has 35 heavy (non-hydrogen) atoms. The predicted octanol–water partition coefficient (Wildman–Crippen LogP) is 1.37. The Morgan fingerprint density at radius 1 is 1.23 bits per heavy atom. The number of aromatic nitrogens is 3. The van der Waals surface area contributed by atoms with Gasteiger partial charge in [0, 0.05) is 26.7 Å². The van der Waals surface area contributed by atoms with E-state index < -0.39 is 36.0 Å². The summed E-state index contributed by atoms with van der Waals surface area (Å²) in [7, 11) is 1.42. The van der Waals surface area contributed by atoms with E-state index in [0.717, 1.165) is 17.3 Å². The van der Waals surface area contributed by atoms with Crippen LogP contribution < -0.4 is 5.32 Å². The lowest BCUT2D eigenvalue weighted by Crippen LogP contribution is -2.56. The molecule has 1 fully saturated rings. The number of rotatable bonds is 5. The van der Waals surface area contributed by atoms with Gasteiger partial charge in [-0.1, -0.05) is 18.2 Å². The molecule has 10 nitrogen and oxygen atoms in total. The number of hydrogen-bond acceptors (Lipinski definition) is 7. The van der Waals surface area contributed by atoms with E-state index >= 15 is 0 Å². The lowest BCUT2D eigenvalue weighted by molar-refractivity contribution is -0.213. The van der Waals surface area contributed by atoms with Gasteiger partial charge >= 0.3 is 6.18 Å². The van der Waals surface area contributed by atoms with Crippen LogP contribution in [0.2, 0.25) is 5.15 Å². The van der Waals surface area contributed by atoms with Gasteiger partial charge < -0.3 is 20.2 Å². The van der Waals surface area contributed by atoms with Crippen molar-refractivity contribution in [1.29, 1.82) is 0 Å². The first-order valence-electron chi connectivity index (χ1n) is 10.1. The lowest BCUT2D eigenvalue weighted by Gasteiger charge is -2.42. The monoisotopic (exact) mass is 512 g/mol. The van der Waals surface area contributed by atoms with Crippen molar-refractivity contribution >= 4 is 29.3 Å². The molecule has 3 amide bonds. The third-order valence-corrected chi connectivity index (χ3v) is 5.48. The number of aliphatic hydroxyl groups is 1. The van der Waals surface area contributed by atoms with Gasteiger partial charge in [0.05, 0.1) is 17.4 Å². The van der Waals surface area contributed by atoms with Crippen LogP contribution in [0.3, 0.4) is 0 Å². The molecule has 0 spiro atoms. The highest BCUT2D eigenvalue weighted by Crippen LogP contribution is 2.32. The van der Waals surface area contributed by atoms with Gasteiger partial charge in [0.2, 0.25) is 12.0 Å². The Hall–Kier alpha value is -3.58. The number of nitrogens with one attached hydrogen (secondary N) is 1. The van der Waals surface area contributed by atoms with Gasteiger partial charge in [0.1, 0.15) is 17.2 Å². The van der Waals surface area contributed by atoms with Gasteiger partial charge in [-0.2, -0.15) is 13.2 Å². The summed E-state index contributed by atoms with van der Waals surface area (Å²) in [4.78, 5) is 50.9. The Morgan fingerprint density at radius 2 is 1.94 bits per heavy atom. The van der Waals surface area contributed by atoms with Crippen molar-refractivity contribution in [2.75, 3.05) is 26.7 Å². The fraction of sp³-hybridized carbons (Fsp3) is 0.333. The van der Waals surface area contributed by atoms with Crippen LogP contribution in [0.1, 0.15) is 22.1 Å². The third kappa shape index (κ3) is 5.74. The number of halogens is 4. The highest BCUT2D eigenvalue weighted by Gasteiger charge is 2.47. The molecule has 3 rings (SSSR count). The van der Waals surface area contributed by atoms with Gasteiger partial charge in [0.15, 0.2) is 0 Å². The molecule has 14 heteroatoms. The molecule has 0 unspecified atom stereocenters. The summed E-state index contributed by atoms with van der Waals surface area (Å²) in [5.74, 6) is -2.53. The number of carbonyl (C=O) groups is 3. The summed E-state index contributed by atoms with van der Waals surface area (Å²) < 4.78 is 39.2. The summed E-state index contributed by atoms with van der Waals surface area (Å²) in [6.07, 6.45) is -6.23. The van der Waals surface area contributed by atoms with Crippen LogP contribution in [-0.4, -0.2) is 86.5 Å². The number of pyridine rings is 1. The van der Waals surface area contributed by atoms with Gasteiger partial charge in [-0.25, -0.2) is 15.0 Å². The number of amides is 3. The third-order valence-electron chi connectivity index (χ3n) is 5.28. The molecule has 186 valence electrons. The smallest absolute Gasteiger partial charge is 0.376 e. The highest BCUT2D eigenvalue weighted by molar-refractivity contribution is 6.29. The van der Waals surface area contributed by atoms with Gasteiger partial charge in [0.25, 0.3) is 11.8 Å². The normalized spacial score (nSPS) is 17.0.